The third-order valence-electron chi connectivity index (χ3n) is 2.74. The molecule has 1 aromatic carbocycles. The maximum absolute atomic E-state index is 12.2. The highest BCUT2D eigenvalue weighted by Gasteiger charge is 2.17. The summed E-state index contributed by atoms with van der Waals surface area (Å²) in [5.74, 6) is 0.876. The summed E-state index contributed by atoms with van der Waals surface area (Å²) in [7, 11) is -3.71. The van der Waals surface area contributed by atoms with Gasteiger partial charge in [0.1, 0.15) is 5.75 Å². The molecular weight excluding hydrogens is 296 g/mol. The Hall–Kier alpha value is -1.90. The highest BCUT2D eigenvalue weighted by Crippen LogP contribution is 2.23. The number of nitrogens with one attached hydrogen (secondary N) is 1. The van der Waals surface area contributed by atoms with Gasteiger partial charge in [0, 0.05) is 11.6 Å². The molecule has 21 heavy (non-hydrogen) atoms. The van der Waals surface area contributed by atoms with Crippen molar-refractivity contribution in [3.05, 3.63) is 41.8 Å². The van der Waals surface area contributed by atoms with E-state index in [2.05, 4.69) is 9.88 Å². The zero-order valence-corrected chi connectivity index (χ0v) is 12.3. The van der Waals surface area contributed by atoms with Gasteiger partial charge >= 0.3 is 0 Å². The lowest BCUT2D eigenvalue weighted by molar-refractivity contribution is 0.266. The average molecular weight is 312 g/mol. The fourth-order valence-electron chi connectivity index (χ4n) is 1.73. The van der Waals surface area contributed by atoms with Crippen molar-refractivity contribution >= 4 is 10.0 Å². The number of aromatic nitrogens is 1. The number of benzene rings is 1. The first-order valence-corrected chi connectivity index (χ1v) is 7.81. The summed E-state index contributed by atoms with van der Waals surface area (Å²) >= 11 is 0. The molecule has 0 spiro atoms. The number of rotatable bonds is 7. The van der Waals surface area contributed by atoms with Gasteiger partial charge in [-0.15, -0.1) is 0 Å². The van der Waals surface area contributed by atoms with Crippen LogP contribution in [-0.2, 0) is 23.2 Å². The quantitative estimate of drug-likeness (QED) is 0.792. The third-order valence-corrected chi connectivity index (χ3v) is 4.14. The molecule has 0 aliphatic heterocycles. The zero-order valence-electron chi connectivity index (χ0n) is 11.4. The van der Waals surface area contributed by atoms with Crippen LogP contribution in [0.15, 0.2) is 39.9 Å². The van der Waals surface area contributed by atoms with Crippen molar-refractivity contribution in [1.29, 1.82) is 0 Å². The van der Waals surface area contributed by atoms with Gasteiger partial charge in [0.15, 0.2) is 5.76 Å². The lowest BCUT2D eigenvalue weighted by Gasteiger charge is -2.11. The minimum Gasteiger partial charge on any atom is -0.494 e. The molecule has 2 aromatic rings. The van der Waals surface area contributed by atoms with Crippen LogP contribution in [0, 0.1) is 0 Å². The normalized spacial score (nSPS) is 11.5. The van der Waals surface area contributed by atoms with Crippen LogP contribution in [0.25, 0.3) is 0 Å². The second-order valence-electron chi connectivity index (χ2n) is 4.16. The predicted molar refractivity (Wildman–Crippen MR) is 74.1 cm³/mol. The minimum absolute atomic E-state index is 0.00397. The topological polar surface area (TPSA) is 102 Å². The van der Waals surface area contributed by atoms with E-state index in [-0.39, 0.29) is 18.0 Å². The Bertz CT molecular complexity index is 683. The third kappa shape index (κ3) is 3.81. The molecule has 0 saturated heterocycles. The van der Waals surface area contributed by atoms with E-state index >= 15 is 0 Å². The van der Waals surface area contributed by atoms with Crippen molar-refractivity contribution in [1.82, 2.24) is 9.88 Å². The number of hydrogen-bond acceptors (Lipinski definition) is 6. The molecule has 0 aliphatic rings. The Labute approximate surface area is 122 Å². The van der Waals surface area contributed by atoms with Crippen molar-refractivity contribution in [3.63, 3.8) is 0 Å². The van der Waals surface area contributed by atoms with Gasteiger partial charge in [-0.1, -0.05) is 5.16 Å². The smallest absolute Gasteiger partial charge is 0.240 e. The molecular formula is C13H16N2O5S. The Kier molecular flexibility index (Phi) is 4.94. The van der Waals surface area contributed by atoms with Crippen LogP contribution in [-0.4, -0.2) is 25.3 Å². The second-order valence-corrected chi connectivity index (χ2v) is 5.93. The Morgan fingerprint density at radius 1 is 1.38 bits per heavy atom. The lowest BCUT2D eigenvalue weighted by Crippen LogP contribution is -2.23. The molecule has 0 amide bonds. The van der Waals surface area contributed by atoms with Crippen LogP contribution in [0.5, 0.6) is 5.75 Å². The molecule has 0 bridgehead atoms. The van der Waals surface area contributed by atoms with E-state index in [1.165, 1.54) is 24.4 Å². The largest absolute Gasteiger partial charge is 0.494 e. The minimum atomic E-state index is -3.71. The molecule has 8 heteroatoms. The first-order chi connectivity index (χ1) is 10.1. The molecule has 0 unspecified atom stereocenters. The summed E-state index contributed by atoms with van der Waals surface area (Å²) in [4.78, 5) is 0.0505. The fourth-order valence-corrected chi connectivity index (χ4v) is 2.77. The van der Waals surface area contributed by atoms with E-state index in [1.807, 2.05) is 6.92 Å². The van der Waals surface area contributed by atoms with Crippen LogP contribution in [0.1, 0.15) is 18.2 Å². The molecule has 114 valence electrons. The summed E-state index contributed by atoms with van der Waals surface area (Å²) in [5, 5.41) is 12.8. The maximum Gasteiger partial charge on any atom is 0.240 e. The van der Waals surface area contributed by atoms with Gasteiger partial charge < -0.3 is 14.4 Å². The highest BCUT2D eigenvalue weighted by atomic mass is 32.2. The molecule has 7 nitrogen and oxygen atoms in total. The standard InChI is InChI=1S/C13H16N2O5S/c1-2-19-13-4-3-12(7-10(13)9-16)21(17,18)15-8-11-5-6-14-20-11/h3-7,15-16H,2,8-9H2,1H3. The van der Waals surface area contributed by atoms with Gasteiger partial charge in [0.05, 0.1) is 30.9 Å². The predicted octanol–water partition coefficient (Wildman–Crippen LogP) is 1.04. The number of aliphatic hydroxyl groups excluding tert-OH is 1. The lowest BCUT2D eigenvalue weighted by atomic mass is 10.2. The number of nitrogens with zero attached hydrogens (tertiary/aromatic N) is 1. The Morgan fingerprint density at radius 2 is 2.19 bits per heavy atom. The summed E-state index contributed by atoms with van der Waals surface area (Å²) < 4.78 is 36.9. The molecule has 1 heterocycles. The summed E-state index contributed by atoms with van der Waals surface area (Å²) in [6.07, 6.45) is 1.43. The van der Waals surface area contributed by atoms with E-state index < -0.39 is 10.0 Å². The van der Waals surface area contributed by atoms with Crippen molar-refractivity contribution in [3.8, 4) is 5.75 Å². The first kappa shape index (κ1) is 15.5. The van der Waals surface area contributed by atoms with Gasteiger partial charge in [-0.25, -0.2) is 13.1 Å². The van der Waals surface area contributed by atoms with Gasteiger partial charge in [0.25, 0.3) is 0 Å². The molecule has 2 N–H and O–H groups in total. The van der Waals surface area contributed by atoms with Crippen molar-refractivity contribution < 1.29 is 22.8 Å². The van der Waals surface area contributed by atoms with Crippen LogP contribution >= 0.6 is 0 Å². The molecule has 0 radical (unpaired) electrons. The SMILES string of the molecule is CCOc1ccc(S(=O)(=O)NCc2ccno2)cc1CO. The van der Waals surface area contributed by atoms with E-state index in [1.54, 1.807) is 6.07 Å². The molecule has 1 aromatic heterocycles. The van der Waals surface area contributed by atoms with E-state index in [0.29, 0.717) is 23.7 Å². The van der Waals surface area contributed by atoms with Crippen LogP contribution in [0.2, 0.25) is 0 Å². The molecule has 0 saturated carbocycles. The second kappa shape index (κ2) is 6.70. The summed E-state index contributed by atoms with van der Waals surface area (Å²) in [6, 6.07) is 5.90. The van der Waals surface area contributed by atoms with E-state index in [9.17, 15) is 13.5 Å². The Balaban J connectivity index is 2.19. The maximum atomic E-state index is 12.2. The Morgan fingerprint density at radius 3 is 2.81 bits per heavy atom. The van der Waals surface area contributed by atoms with Crippen LogP contribution in [0.3, 0.4) is 0 Å². The van der Waals surface area contributed by atoms with Crippen molar-refractivity contribution in [2.75, 3.05) is 6.61 Å². The average Bonchev–Trinajstić information content (AvgIpc) is 2.99. The van der Waals surface area contributed by atoms with Crippen LogP contribution < -0.4 is 9.46 Å². The molecule has 0 atom stereocenters. The summed E-state index contributed by atoms with van der Waals surface area (Å²) in [6.45, 7) is 1.94. The zero-order chi connectivity index (χ0) is 15.3. The van der Waals surface area contributed by atoms with Crippen LogP contribution in [0.4, 0.5) is 0 Å². The monoisotopic (exact) mass is 312 g/mol. The number of sulfonamides is 1. The van der Waals surface area contributed by atoms with Crippen molar-refractivity contribution in [2.45, 2.75) is 25.0 Å². The van der Waals surface area contributed by atoms with Crippen molar-refractivity contribution in [2.24, 2.45) is 0 Å². The fraction of sp³-hybridized carbons (Fsp3) is 0.308. The first-order valence-electron chi connectivity index (χ1n) is 6.32. The van der Waals surface area contributed by atoms with Gasteiger partial charge in [0.2, 0.25) is 10.0 Å². The van der Waals surface area contributed by atoms with E-state index in [0.717, 1.165) is 0 Å². The van der Waals surface area contributed by atoms with E-state index in [4.69, 9.17) is 9.26 Å². The van der Waals surface area contributed by atoms with Gasteiger partial charge in [-0.3, -0.25) is 0 Å². The molecule has 0 fully saturated rings. The highest BCUT2D eigenvalue weighted by molar-refractivity contribution is 7.89. The number of hydrogen-bond donors (Lipinski definition) is 2. The summed E-state index contributed by atoms with van der Waals surface area (Å²) in [5.41, 5.74) is 0.416. The number of ether oxygens (including phenoxy) is 1. The number of aliphatic hydroxyl groups is 1. The molecule has 0 aliphatic carbocycles. The van der Waals surface area contributed by atoms with Gasteiger partial charge in [-0.05, 0) is 25.1 Å². The van der Waals surface area contributed by atoms with Gasteiger partial charge in [-0.2, -0.15) is 0 Å². The molecule has 2 rings (SSSR count).